The Morgan fingerprint density at radius 2 is 1.43 bits per heavy atom. The number of anilines is 3. The molecule has 0 bridgehead atoms. The number of para-hydroxylation sites is 1. The Kier molecular flexibility index (Phi) is 4.98. The third-order valence-electron chi connectivity index (χ3n) is 5.28. The quantitative estimate of drug-likeness (QED) is 0.824. The van der Waals surface area contributed by atoms with Crippen LogP contribution in [0.15, 0.2) is 42.5 Å². The first-order valence-electron chi connectivity index (χ1n) is 9.43. The van der Waals surface area contributed by atoms with Gasteiger partial charge in [-0.3, -0.25) is 9.59 Å². The second-order valence-corrected chi connectivity index (χ2v) is 7.26. The molecule has 1 aliphatic carbocycles. The summed E-state index contributed by atoms with van der Waals surface area (Å²) in [5.74, 6) is -3.56. The van der Waals surface area contributed by atoms with Crippen molar-refractivity contribution in [2.24, 2.45) is 11.8 Å². The van der Waals surface area contributed by atoms with E-state index in [2.05, 4.69) is 15.5 Å². The minimum atomic E-state index is -0.840. The molecule has 2 atom stereocenters. The van der Waals surface area contributed by atoms with E-state index in [4.69, 9.17) is 0 Å². The molecule has 2 aromatic carbocycles. The maximum absolute atomic E-state index is 13.6. The largest absolute Gasteiger partial charge is 0.372 e. The van der Waals surface area contributed by atoms with Crippen LogP contribution in [0.4, 0.5) is 25.8 Å². The molecule has 7 heteroatoms. The molecule has 1 saturated carbocycles. The van der Waals surface area contributed by atoms with Crippen molar-refractivity contribution in [2.75, 3.05) is 28.6 Å². The van der Waals surface area contributed by atoms with Gasteiger partial charge in [-0.25, -0.2) is 8.78 Å². The number of rotatable bonds is 5. The van der Waals surface area contributed by atoms with E-state index in [9.17, 15) is 18.4 Å². The number of halogens is 2. The highest BCUT2D eigenvalue weighted by atomic mass is 19.1. The third kappa shape index (κ3) is 3.83. The summed E-state index contributed by atoms with van der Waals surface area (Å²) in [6, 6.07) is 11.0. The van der Waals surface area contributed by atoms with E-state index in [1.54, 1.807) is 0 Å². The number of nitrogens with zero attached hydrogens (tertiary/aromatic N) is 1. The summed E-state index contributed by atoms with van der Waals surface area (Å²) in [7, 11) is 0. The molecule has 2 N–H and O–H groups in total. The van der Waals surface area contributed by atoms with E-state index < -0.39 is 35.1 Å². The van der Waals surface area contributed by atoms with Gasteiger partial charge >= 0.3 is 0 Å². The van der Waals surface area contributed by atoms with Gasteiger partial charge in [0.05, 0.1) is 11.8 Å². The molecule has 1 heterocycles. The van der Waals surface area contributed by atoms with Crippen molar-refractivity contribution in [3.05, 3.63) is 54.1 Å². The molecule has 0 radical (unpaired) electrons. The van der Waals surface area contributed by atoms with Crippen LogP contribution in [0.25, 0.3) is 0 Å². The van der Waals surface area contributed by atoms with Crippen LogP contribution in [0.2, 0.25) is 0 Å². The maximum atomic E-state index is 13.6. The van der Waals surface area contributed by atoms with E-state index >= 15 is 0 Å². The first kappa shape index (κ1) is 18.4. The van der Waals surface area contributed by atoms with E-state index in [1.165, 1.54) is 18.9 Å². The van der Waals surface area contributed by atoms with Crippen LogP contribution in [0.3, 0.4) is 0 Å². The summed E-state index contributed by atoms with van der Waals surface area (Å²) in [4.78, 5) is 26.9. The molecule has 2 amide bonds. The molecular weight excluding hydrogens is 364 g/mol. The Morgan fingerprint density at radius 1 is 0.857 bits per heavy atom. The fourth-order valence-electron chi connectivity index (χ4n) is 3.57. The van der Waals surface area contributed by atoms with Gasteiger partial charge in [0.1, 0.15) is 17.3 Å². The van der Waals surface area contributed by atoms with Crippen molar-refractivity contribution in [1.29, 1.82) is 0 Å². The number of hydrogen-bond acceptors (Lipinski definition) is 3. The van der Waals surface area contributed by atoms with Crippen molar-refractivity contribution < 1.29 is 18.4 Å². The van der Waals surface area contributed by atoms with Gasteiger partial charge in [0.15, 0.2) is 0 Å². The van der Waals surface area contributed by atoms with Crippen LogP contribution in [-0.4, -0.2) is 24.9 Å². The van der Waals surface area contributed by atoms with Crippen LogP contribution in [0.1, 0.15) is 19.3 Å². The zero-order valence-electron chi connectivity index (χ0n) is 15.3. The molecular formula is C21H21F2N3O2. The third-order valence-corrected chi connectivity index (χ3v) is 5.28. The topological polar surface area (TPSA) is 61.4 Å². The van der Waals surface area contributed by atoms with Gasteiger partial charge in [0.25, 0.3) is 0 Å². The number of carbonyl (C=O) groups is 2. The van der Waals surface area contributed by atoms with Gasteiger partial charge in [-0.2, -0.15) is 0 Å². The monoisotopic (exact) mass is 385 g/mol. The summed E-state index contributed by atoms with van der Waals surface area (Å²) in [6.07, 6.45) is 2.75. The van der Waals surface area contributed by atoms with E-state index in [1.807, 2.05) is 24.3 Å². The minimum absolute atomic E-state index is 0.261. The lowest BCUT2D eigenvalue weighted by atomic mass is 10.2. The van der Waals surface area contributed by atoms with E-state index in [0.717, 1.165) is 30.9 Å². The summed E-state index contributed by atoms with van der Waals surface area (Å²) in [6.45, 7) is 2.10. The van der Waals surface area contributed by atoms with Crippen LogP contribution >= 0.6 is 0 Å². The lowest BCUT2D eigenvalue weighted by Crippen LogP contribution is -2.21. The predicted octanol–water partition coefficient (Wildman–Crippen LogP) is 3.78. The van der Waals surface area contributed by atoms with E-state index in [0.29, 0.717) is 12.1 Å². The van der Waals surface area contributed by atoms with Crippen molar-refractivity contribution in [2.45, 2.75) is 19.3 Å². The Balaban J connectivity index is 1.32. The molecule has 2 aliphatic rings. The lowest BCUT2D eigenvalue weighted by Gasteiger charge is -2.17. The highest BCUT2D eigenvalue weighted by Crippen LogP contribution is 2.40. The molecule has 1 aliphatic heterocycles. The maximum Gasteiger partial charge on any atom is 0.228 e. The molecule has 2 fully saturated rings. The highest BCUT2D eigenvalue weighted by molar-refractivity contribution is 6.03. The normalized spacial score (nSPS) is 20.7. The number of amides is 2. The zero-order chi connectivity index (χ0) is 19.7. The first-order chi connectivity index (χ1) is 13.5. The van der Waals surface area contributed by atoms with Gasteiger partial charge in [0, 0.05) is 24.5 Å². The van der Waals surface area contributed by atoms with Crippen LogP contribution in [0.5, 0.6) is 0 Å². The number of hydrogen-bond donors (Lipinski definition) is 2. The highest BCUT2D eigenvalue weighted by Gasteiger charge is 2.48. The zero-order valence-corrected chi connectivity index (χ0v) is 15.3. The van der Waals surface area contributed by atoms with Crippen molar-refractivity contribution >= 4 is 28.9 Å². The van der Waals surface area contributed by atoms with Crippen molar-refractivity contribution in [1.82, 2.24) is 0 Å². The smallest absolute Gasteiger partial charge is 0.228 e. The summed E-state index contributed by atoms with van der Waals surface area (Å²) in [5, 5.41) is 5.06. The fraction of sp³-hybridized carbons (Fsp3) is 0.333. The second-order valence-electron chi connectivity index (χ2n) is 7.26. The summed E-state index contributed by atoms with van der Waals surface area (Å²) in [5.41, 5.74) is 1.32. The first-order valence-corrected chi connectivity index (χ1v) is 9.43. The Hall–Kier alpha value is -2.96. The van der Waals surface area contributed by atoms with Crippen LogP contribution in [0, 0.1) is 23.5 Å². The molecule has 2 aromatic rings. The second kappa shape index (κ2) is 7.58. The molecule has 1 saturated heterocycles. The van der Waals surface area contributed by atoms with Gasteiger partial charge in [-0.15, -0.1) is 0 Å². The molecule has 0 spiro atoms. The Bertz CT molecular complexity index is 875. The SMILES string of the molecule is O=C(Nc1ccc(N2CCCC2)cc1)C1CC1C(=O)Nc1c(F)cccc1F. The van der Waals surface area contributed by atoms with E-state index in [-0.39, 0.29) is 5.91 Å². The van der Waals surface area contributed by atoms with Gasteiger partial charge in [0.2, 0.25) is 11.8 Å². The van der Waals surface area contributed by atoms with Crippen LogP contribution < -0.4 is 15.5 Å². The van der Waals surface area contributed by atoms with Crippen LogP contribution in [-0.2, 0) is 9.59 Å². The predicted molar refractivity (Wildman–Crippen MR) is 103 cm³/mol. The lowest BCUT2D eigenvalue weighted by molar-refractivity contribution is -0.122. The van der Waals surface area contributed by atoms with Gasteiger partial charge in [-0.1, -0.05) is 6.07 Å². The molecule has 146 valence electrons. The Morgan fingerprint density at radius 3 is 2.04 bits per heavy atom. The molecule has 0 aromatic heterocycles. The fourth-order valence-corrected chi connectivity index (χ4v) is 3.57. The Labute approximate surface area is 161 Å². The average molecular weight is 385 g/mol. The minimum Gasteiger partial charge on any atom is -0.372 e. The number of nitrogens with one attached hydrogen (secondary N) is 2. The number of benzene rings is 2. The average Bonchev–Trinajstić information content (AvgIpc) is 3.31. The molecule has 2 unspecified atom stereocenters. The molecule has 28 heavy (non-hydrogen) atoms. The van der Waals surface area contributed by atoms with Gasteiger partial charge in [-0.05, 0) is 55.7 Å². The summed E-state index contributed by atoms with van der Waals surface area (Å²) < 4.78 is 27.3. The number of carbonyl (C=O) groups excluding carboxylic acids is 2. The molecule has 5 nitrogen and oxygen atoms in total. The summed E-state index contributed by atoms with van der Waals surface area (Å²) >= 11 is 0. The van der Waals surface area contributed by atoms with Gasteiger partial charge < -0.3 is 15.5 Å². The van der Waals surface area contributed by atoms with Crippen molar-refractivity contribution in [3.63, 3.8) is 0 Å². The molecule has 4 rings (SSSR count). The standard InChI is InChI=1S/C21H21F2N3O2/c22-17-4-3-5-18(23)19(17)25-21(28)16-12-15(16)20(27)24-13-6-8-14(9-7-13)26-10-1-2-11-26/h3-9,15-16H,1-2,10-12H2,(H,24,27)(H,25,28). The van der Waals surface area contributed by atoms with Crippen molar-refractivity contribution in [3.8, 4) is 0 Å².